The van der Waals surface area contributed by atoms with Crippen molar-refractivity contribution in [2.45, 2.75) is 12.6 Å². The molecule has 1 aromatic heterocycles. The van der Waals surface area contributed by atoms with Gasteiger partial charge in [-0.1, -0.05) is 15.9 Å². The second-order valence-corrected chi connectivity index (χ2v) is 5.10. The van der Waals surface area contributed by atoms with Gasteiger partial charge in [0.15, 0.2) is 5.78 Å². The predicted molar refractivity (Wildman–Crippen MR) is 70.4 cm³/mol. The highest BCUT2D eigenvalue weighted by molar-refractivity contribution is 9.10. The Morgan fingerprint density at radius 2 is 2.10 bits per heavy atom. The van der Waals surface area contributed by atoms with Crippen molar-refractivity contribution in [1.29, 1.82) is 0 Å². The van der Waals surface area contributed by atoms with Gasteiger partial charge in [-0.3, -0.25) is 4.79 Å². The second-order valence-electron chi connectivity index (χ2n) is 4.25. The number of nitrogens with zero attached hydrogens (tertiary/aromatic N) is 2. The van der Waals surface area contributed by atoms with Crippen LogP contribution in [0.25, 0.3) is 0 Å². The van der Waals surface area contributed by atoms with Gasteiger partial charge in [-0.25, -0.2) is 4.98 Å². The van der Waals surface area contributed by atoms with Gasteiger partial charge in [-0.15, -0.1) is 0 Å². The molecule has 2 rings (SSSR count). The van der Waals surface area contributed by atoms with Gasteiger partial charge in [-0.05, 0) is 18.2 Å². The van der Waals surface area contributed by atoms with Crippen LogP contribution in [0.2, 0.25) is 0 Å². The molecule has 0 N–H and O–H groups in total. The number of carbonyl (C=O) groups excluding carboxylic acids is 1. The number of Topliss-reactive ketones (excluding diaryl/α,β-unsaturated/α-hetero) is 1. The average Bonchev–Trinajstić information content (AvgIpc) is 2.74. The van der Waals surface area contributed by atoms with Crippen molar-refractivity contribution in [2.24, 2.45) is 7.05 Å². The summed E-state index contributed by atoms with van der Waals surface area (Å²) in [7, 11) is 1.72. The molecule has 0 aliphatic carbocycles. The molecule has 0 bridgehead atoms. The van der Waals surface area contributed by atoms with Crippen LogP contribution in [0.5, 0.6) is 0 Å². The highest BCUT2D eigenvalue weighted by Gasteiger charge is 2.31. The molecule has 0 aliphatic heterocycles. The summed E-state index contributed by atoms with van der Waals surface area (Å²) >= 11 is 3.11. The number of rotatable bonds is 3. The summed E-state index contributed by atoms with van der Waals surface area (Å²) in [6.45, 7) is 0. The summed E-state index contributed by atoms with van der Waals surface area (Å²) in [5, 5.41) is 0. The Morgan fingerprint density at radius 1 is 1.40 bits per heavy atom. The van der Waals surface area contributed by atoms with E-state index in [1.165, 1.54) is 12.3 Å². The normalized spacial score (nSPS) is 11.7. The highest BCUT2D eigenvalue weighted by atomic mass is 79.9. The number of benzene rings is 1. The van der Waals surface area contributed by atoms with Crippen LogP contribution in [0.1, 0.15) is 21.7 Å². The molecule has 0 amide bonds. The van der Waals surface area contributed by atoms with Crippen LogP contribution in [0.4, 0.5) is 13.2 Å². The maximum Gasteiger partial charge on any atom is 0.416 e. The molecular weight excluding hydrogens is 337 g/mol. The van der Waals surface area contributed by atoms with Crippen LogP contribution in [0.15, 0.2) is 35.1 Å². The SMILES string of the molecule is Cn1ccnc1CC(=O)c1cc(C(F)(F)F)ccc1Br. The smallest absolute Gasteiger partial charge is 0.338 e. The zero-order chi connectivity index (χ0) is 14.9. The maximum absolute atomic E-state index is 12.7. The van der Waals surface area contributed by atoms with Crippen molar-refractivity contribution in [3.05, 3.63) is 52.0 Å². The summed E-state index contributed by atoms with van der Waals surface area (Å²) in [4.78, 5) is 16.1. The Morgan fingerprint density at radius 3 is 2.65 bits per heavy atom. The second kappa shape index (κ2) is 5.40. The minimum absolute atomic E-state index is 0.00262. The van der Waals surface area contributed by atoms with E-state index in [9.17, 15) is 18.0 Å². The Balaban J connectivity index is 2.32. The molecule has 0 atom stereocenters. The van der Waals surface area contributed by atoms with Crippen LogP contribution < -0.4 is 0 Å². The number of hydrogen-bond donors (Lipinski definition) is 0. The lowest BCUT2D eigenvalue weighted by Gasteiger charge is -2.10. The summed E-state index contributed by atoms with van der Waals surface area (Å²) < 4.78 is 40.0. The third-order valence-corrected chi connectivity index (χ3v) is 3.53. The van der Waals surface area contributed by atoms with E-state index in [-0.39, 0.29) is 12.0 Å². The van der Waals surface area contributed by atoms with Gasteiger partial charge in [0, 0.05) is 29.5 Å². The molecule has 0 unspecified atom stereocenters. The fourth-order valence-electron chi connectivity index (χ4n) is 1.72. The fraction of sp³-hybridized carbons (Fsp3) is 0.231. The number of carbonyl (C=O) groups is 1. The van der Waals surface area contributed by atoms with Gasteiger partial charge in [0.25, 0.3) is 0 Å². The molecule has 0 fully saturated rings. The van der Waals surface area contributed by atoms with Gasteiger partial charge in [0.2, 0.25) is 0 Å². The molecule has 1 heterocycles. The largest absolute Gasteiger partial charge is 0.416 e. The summed E-state index contributed by atoms with van der Waals surface area (Å²) in [6, 6.07) is 3.02. The average molecular weight is 347 g/mol. The molecule has 0 radical (unpaired) electrons. The van der Waals surface area contributed by atoms with Crippen molar-refractivity contribution in [2.75, 3.05) is 0 Å². The number of aromatic nitrogens is 2. The van der Waals surface area contributed by atoms with Gasteiger partial charge in [0.1, 0.15) is 5.82 Å². The van der Waals surface area contributed by atoms with Crippen LogP contribution in [0, 0.1) is 0 Å². The number of aryl methyl sites for hydroxylation is 1. The first kappa shape index (κ1) is 14.8. The molecule has 3 nitrogen and oxygen atoms in total. The molecule has 0 saturated heterocycles. The van der Waals surface area contributed by atoms with Crippen LogP contribution in [0.3, 0.4) is 0 Å². The quantitative estimate of drug-likeness (QED) is 0.795. The molecule has 106 valence electrons. The molecular formula is C13H10BrF3N2O. The van der Waals surface area contributed by atoms with E-state index in [4.69, 9.17) is 0 Å². The molecule has 0 saturated carbocycles. The van der Waals surface area contributed by atoms with Crippen LogP contribution >= 0.6 is 15.9 Å². The van der Waals surface area contributed by atoms with Crippen LogP contribution in [-0.2, 0) is 19.6 Å². The Bertz CT molecular complexity index is 649. The van der Waals surface area contributed by atoms with E-state index >= 15 is 0 Å². The van der Waals surface area contributed by atoms with Gasteiger partial charge < -0.3 is 4.57 Å². The monoisotopic (exact) mass is 346 g/mol. The number of halogens is 4. The van der Waals surface area contributed by atoms with E-state index in [2.05, 4.69) is 20.9 Å². The van der Waals surface area contributed by atoms with Crippen molar-refractivity contribution in [3.8, 4) is 0 Å². The van der Waals surface area contributed by atoms with E-state index in [0.29, 0.717) is 10.3 Å². The van der Waals surface area contributed by atoms with Crippen molar-refractivity contribution >= 4 is 21.7 Å². The van der Waals surface area contributed by atoms with E-state index in [1.54, 1.807) is 17.8 Å². The molecule has 2 aromatic rings. The lowest BCUT2D eigenvalue weighted by molar-refractivity contribution is -0.137. The lowest BCUT2D eigenvalue weighted by Crippen LogP contribution is -2.11. The van der Waals surface area contributed by atoms with Crippen molar-refractivity contribution in [3.63, 3.8) is 0 Å². The van der Waals surface area contributed by atoms with Gasteiger partial charge in [-0.2, -0.15) is 13.2 Å². The van der Waals surface area contributed by atoms with E-state index in [0.717, 1.165) is 12.1 Å². The minimum Gasteiger partial charge on any atom is -0.338 e. The number of alkyl halides is 3. The number of hydrogen-bond acceptors (Lipinski definition) is 2. The molecule has 0 aliphatic rings. The third-order valence-electron chi connectivity index (χ3n) is 2.83. The van der Waals surface area contributed by atoms with Crippen LogP contribution in [-0.4, -0.2) is 15.3 Å². The first-order chi connectivity index (χ1) is 9.29. The number of imidazole rings is 1. The molecule has 0 spiro atoms. The Hall–Kier alpha value is -1.63. The zero-order valence-electron chi connectivity index (χ0n) is 10.4. The first-order valence-electron chi connectivity index (χ1n) is 5.65. The fourth-order valence-corrected chi connectivity index (χ4v) is 2.19. The summed E-state index contributed by atoms with van der Waals surface area (Å²) in [6.07, 6.45) is -1.32. The lowest BCUT2D eigenvalue weighted by atomic mass is 10.0. The Labute approximate surface area is 121 Å². The van der Waals surface area contributed by atoms with Crippen molar-refractivity contribution in [1.82, 2.24) is 9.55 Å². The van der Waals surface area contributed by atoms with E-state index in [1.807, 2.05) is 0 Å². The first-order valence-corrected chi connectivity index (χ1v) is 6.44. The summed E-state index contributed by atoms with van der Waals surface area (Å²) in [5.41, 5.74) is -0.841. The standard InChI is InChI=1S/C13H10BrF3N2O/c1-19-5-4-18-12(19)7-11(20)9-6-8(13(15,16)17)2-3-10(9)14/h2-6H,7H2,1H3. The Kier molecular flexibility index (Phi) is 3.99. The molecule has 1 aromatic carbocycles. The molecule has 20 heavy (non-hydrogen) atoms. The maximum atomic E-state index is 12.7. The van der Waals surface area contributed by atoms with Gasteiger partial charge in [0.05, 0.1) is 12.0 Å². The highest BCUT2D eigenvalue weighted by Crippen LogP contribution is 2.32. The zero-order valence-corrected chi connectivity index (χ0v) is 12.0. The van der Waals surface area contributed by atoms with E-state index < -0.39 is 17.5 Å². The van der Waals surface area contributed by atoms with Crippen molar-refractivity contribution < 1.29 is 18.0 Å². The number of ketones is 1. The molecule has 7 heteroatoms. The predicted octanol–water partition coefficient (Wildman–Crippen LogP) is 3.63. The minimum atomic E-state index is -4.47. The summed E-state index contributed by atoms with van der Waals surface area (Å²) in [5.74, 6) is 0.0802. The van der Waals surface area contributed by atoms with Gasteiger partial charge >= 0.3 is 6.18 Å². The third kappa shape index (κ3) is 3.09. The topological polar surface area (TPSA) is 34.9 Å².